The molecule has 26 heavy (non-hydrogen) atoms. The Hall–Kier alpha value is -1.81. The Morgan fingerprint density at radius 2 is 2.08 bits per heavy atom. The third kappa shape index (κ3) is 3.52. The maximum absolute atomic E-state index is 10.8. The van der Waals surface area contributed by atoms with E-state index in [9.17, 15) is 19.9 Å². The van der Waals surface area contributed by atoms with Crippen LogP contribution in [0.25, 0.3) is 0 Å². The van der Waals surface area contributed by atoms with E-state index < -0.39 is 45.2 Å². The van der Waals surface area contributed by atoms with E-state index >= 15 is 0 Å². The van der Waals surface area contributed by atoms with Crippen LogP contribution in [0.4, 0.5) is 5.82 Å². The maximum atomic E-state index is 10.8. The molecule has 1 saturated heterocycles. The zero-order valence-corrected chi connectivity index (χ0v) is 14.1. The molecule has 13 heteroatoms. The number of ether oxygens (including phenoxy) is 1. The predicted octanol–water partition coefficient (Wildman–Crippen LogP) is -1.79. The topological polar surface area (TPSA) is 170 Å². The zero-order valence-electron chi connectivity index (χ0n) is 13.2. The number of aliphatic hydroxyl groups is 3. The van der Waals surface area contributed by atoms with Crippen molar-refractivity contribution in [3.8, 4) is 12.3 Å². The van der Waals surface area contributed by atoms with Crippen molar-refractivity contribution in [2.45, 2.75) is 30.8 Å². The maximum Gasteiger partial charge on any atom is 0.469 e. The van der Waals surface area contributed by atoms with Gasteiger partial charge in [0.05, 0.1) is 25.8 Å². The van der Waals surface area contributed by atoms with Crippen LogP contribution in [0.5, 0.6) is 0 Å². The van der Waals surface area contributed by atoms with Crippen molar-refractivity contribution in [3.05, 3.63) is 12.0 Å². The van der Waals surface area contributed by atoms with Crippen molar-refractivity contribution in [1.82, 2.24) is 14.5 Å². The largest absolute Gasteiger partial charge is 0.469 e. The van der Waals surface area contributed by atoms with Gasteiger partial charge >= 0.3 is 7.82 Å². The van der Waals surface area contributed by atoms with E-state index in [4.69, 9.17) is 20.9 Å². The van der Waals surface area contributed by atoms with Crippen molar-refractivity contribution >= 4 is 20.0 Å². The molecule has 0 spiro atoms. The minimum absolute atomic E-state index is 0.111. The molecule has 2 aliphatic heterocycles. The Morgan fingerprint density at radius 3 is 2.73 bits per heavy atom. The van der Waals surface area contributed by atoms with Crippen molar-refractivity contribution in [2.75, 3.05) is 13.2 Å². The number of terminal acetylenes is 1. The lowest BCUT2D eigenvalue weighted by atomic mass is 10.1. The average molecular weight is 388 g/mol. The molecule has 0 bridgehead atoms. The highest BCUT2D eigenvalue weighted by molar-refractivity contribution is 7.46. The molecule has 12 nitrogen and oxygen atoms in total. The molecule has 3 rings (SSSR count). The van der Waals surface area contributed by atoms with E-state index in [1.54, 1.807) is 0 Å². The van der Waals surface area contributed by atoms with Gasteiger partial charge in [0.25, 0.3) is 0 Å². The molecule has 2 aliphatic rings. The summed E-state index contributed by atoms with van der Waals surface area (Å²) < 4.78 is 21.9. The summed E-state index contributed by atoms with van der Waals surface area (Å²) in [5, 5.41) is 30.5. The average Bonchev–Trinajstić information content (AvgIpc) is 3.11. The Labute approximate surface area is 147 Å². The fraction of sp³-hybridized carbons (Fsp3) is 0.538. The number of phosphoric acid groups is 1. The van der Waals surface area contributed by atoms with Gasteiger partial charge in [-0.3, -0.25) is 9.09 Å². The Morgan fingerprint density at radius 1 is 1.35 bits per heavy atom. The van der Waals surface area contributed by atoms with Crippen LogP contribution < -0.4 is 0 Å². The molecule has 0 aliphatic carbocycles. The molecule has 5 N–H and O–H groups in total. The van der Waals surface area contributed by atoms with Crippen LogP contribution in [0.3, 0.4) is 0 Å². The second kappa shape index (κ2) is 7.07. The number of fused-ring (bicyclic) bond motifs is 1. The third-order valence-corrected chi connectivity index (χ3v) is 4.46. The van der Waals surface area contributed by atoms with Crippen molar-refractivity contribution in [3.63, 3.8) is 0 Å². The minimum Gasteiger partial charge on any atom is -0.387 e. The van der Waals surface area contributed by atoms with Gasteiger partial charge in [-0.25, -0.2) is 14.5 Å². The first kappa shape index (κ1) is 19.0. The fourth-order valence-electron chi connectivity index (χ4n) is 2.72. The summed E-state index contributed by atoms with van der Waals surface area (Å²) in [6, 6.07) is 0. The van der Waals surface area contributed by atoms with E-state index in [0.717, 1.165) is 0 Å². The zero-order chi connectivity index (χ0) is 19.1. The molecule has 0 amide bonds. The van der Waals surface area contributed by atoms with Gasteiger partial charge in [0, 0.05) is 0 Å². The Balaban J connectivity index is 1.80. The molecule has 0 aromatic carbocycles. The number of rotatable bonds is 5. The summed E-state index contributed by atoms with van der Waals surface area (Å²) in [5.41, 5.74) is 0.183. The van der Waals surface area contributed by atoms with Crippen LogP contribution in [0.2, 0.25) is 0 Å². The molecule has 0 radical (unpaired) electrons. The van der Waals surface area contributed by atoms with Crippen LogP contribution in [-0.2, 0) is 13.8 Å². The third-order valence-electron chi connectivity index (χ3n) is 3.97. The van der Waals surface area contributed by atoms with E-state index in [0.29, 0.717) is 0 Å². The number of imidazole rings is 1. The quantitative estimate of drug-likeness (QED) is 0.287. The molecule has 142 valence electrons. The summed E-state index contributed by atoms with van der Waals surface area (Å²) in [5.74, 6) is 2.56. The highest BCUT2D eigenvalue weighted by Crippen LogP contribution is 2.40. The second-order valence-electron chi connectivity index (χ2n) is 5.69. The van der Waals surface area contributed by atoms with Crippen LogP contribution >= 0.6 is 7.82 Å². The van der Waals surface area contributed by atoms with Crippen molar-refractivity contribution < 1.29 is 38.9 Å². The first-order valence-electron chi connectivity index (χ1n) is 7.43. The molecule has 3 heterocycles. The summed E-state index contributed by atoms with van der Waals surface area (Å²) in [7, 11) is -4.76. The molecule has 1 aromatic heterocycles. The van der Waals surface area contributed by atoms with Gasteiger partial charge in [-0.2, -0.15) is 0 Å². The van der Waals surface area contributed by atoms with E-state index in [-0.39, 0.29) is 18.1 Å². The number of hydrogen-bond acceptors (Lipinski definition) is 9. The van der Waals surface area contributed by atoms with Gasteiger partial charge in [-0.05, 0) is 0 Å². The predicted molar refractivity (Wildman–Crippen MR) is 84.8 cm³/mol. The number of aromatic nitrogens is 2. The van der Waals surface area contributed by atoms with Gasteiger partial charge in [-0.15, -0.1) is 6.42 Å². The molecule has 3 unspecified atom stereocenters. The summed E-state index contributed by atoms with van der Waals surface area (Å²) in [4.78, 5) is 27.0. The lowest BCUT2D eigenvalue weighted by molar-refractivity contribution is -0.0515. The minimum atomic E-state index is -4.76. The number of phosphoric ester groups is 1. The van der Waals surface area contributed by atoms with E-state index in [1.807, 2.05) is 0 Å². The summed E-state index contributed by atoms with van der Waals surface area (Å²) in [6.07, 6.45) is 1.43. The standard InChI is InChI=1S/C13H17N4O8P/c1-2-3-16-5-15-11-8(12(16)20)14-6-17(11)13-10(19)9(18)7(25-13)4-24-26(21,22)23/h1,5-7,9-10,12-13,18-20H,3-4H2,(H2,21,22,23)/t7-,9?,10?,12?,13-/m1/s1. The highest BCUT2D eigenvalue weighted by Gasteiger charge is 2.46. The summed E-state index contributed by atoms with van der Waals surface area (Å²) in [6.45, 7) is -0.516. The van der Waals surface area contributed by atoms with Gasteiger partial charge < -0.3 is 34.7 Å². The van der Waals surface area contributed by atoms with E-state index in [1.165, 1.54) is 22.1 Å². The number of aliphatic hydroxyl groups excluding tert-OH is 3. The van der Waals surface area contributed by atoms with Gasteiger partial charge in [0.15, 0.2) is 18.3 Å². The monoisotopic (exact) mass is 388 g/mol. The van der Waals surface area contributed by atoms with E-state index in [2.05, 4.69) is 20.4 Å². The highest BCUT2D eigenvalue weighted by atomic mass is 31.2. The van der Waals surface area contributed by atoms with Crippen molar-refractivity contribution in [1.29, 1.82) is 0 Å². The number of nitrogens with zero attached hydrogens (tertiary/aromatic N) is 4. The van der Waals surface area contributed by atoms with Gasteiger partial charge in [0.2, 0.25) is 0 Å². The van der Waals surface area contributed by atoms with Gasteiger partial charge in [0.1, 0.15) is 24.0 Å². The first-order valence-corrected chi connectivity index (χ1v) is 8.96. The van der Waals surface area contributed by atoms with Crippen LogP contribution in [0.1, 0.15) is 18.1 Å². The van der Waals surface area contributed by atoms with Crippen LogP contribution in [0, 0.1) is 12.3 Å². The summed E-state index contributed by atoms with van der Waals surface area (Å²) >= 11 is 0. The molecule has 1 fully saturated rings. The Bertz CT molecular complexity index is 786. The molecular weight excluding hydrogens is 371 g/mol. The molecule has 1 aromatic rings. The Kier molecular flexibility index (Phi) is 5.16. The van der Waals surface area contributed by atoms with Gasteiger partial charge in [-0.1, -0.05) is 5.92 Å². The SMILES string of the molecule is C#CCN1C=Nc2c(ncn2[C@@H]2O[C@H](COP(=O)(O)O)C(O)C2O)C1O. The second-order valence-corrected chi connectivity index (χ2v) is 6.93. The van der Waals surface area contributed by atoms with Crippen molar-refractivity contribution in [2.24, 2.45) is 4.99 Å². The smallest absolute Gasteiger partial charge is 0.387 e. The van der Waals surface area contributed by atoms with Crippen LogP contribution in [-0.4, -0.2) is 77.4 Å². The fourth-order valence-corrected chi connectivity index (χ4v) is 3.06. The molecule has 0 saturated carbocycles. The molecule has 5 atom stereocenters. The number of aliphatic imine (C=N–C) groups is 1. The van der Waals surface area contributed by atoms with Crippen LogP contribution in [0.15, 0.2) is 11.3 Å². The number of hydrogen-bond donors (Lipinski definition) is 5. The first-order chi connectivity index (χ1) is 12.2. The lowest BCUT2D eigenvalue weighted by Gasteiger charge is -2.27. The normalized spacial score (nSPS) is 31.1. The molecular formula is C13H17N4O8P. The lowest BCUT2D eigenvalue weighted by Crippen LogP contribution is -2.33.